The van der Waals surface area contributed by atoms with Crippen LogP contribution in [-0.4, -0.2) is 41.5 Å². The molecule has 1 aromatic heterocycles. The van der Waals surface area contributed by atoms with Crippen molar-refractivity contribution in [3.8, 4) is 0 Å². The minimum atomic E-state index is -0.180. The van der Waals surface area contributed by atoms with Crippen LogP contribution in [0, 0.1) is 0 Å². The summed E-state index contributed by atoms with van der Waals surface area (Å²) in [5, 5.41) is 6.14. The third-order valence-corrected chi connectivity index (χ3v) is 6.13. The van der Waals surface area contributed by atoms with Gasteiger partial charge < -0.3 is 10.3 Å². The first-order valence-corrected chi connectivity index (χ1v) is 10.2. The molecular weight excluding hydrogens is 358 g/mol. The predicted molar refractivity (Wildman–Crippen MR) is 113 cm³/mol. The Balaban J connectivity index is 1.50. The van der Waals surface area contributed by atoms with E-state index in [1.165, 1.54) is 12.8 Å². The Hall–Kier alpha value is -2.04. The summed E-state index contributed by atoms with van der Waals surface area (Å²) in [4.78, 5) is 18.6. The molecule has 0 bridgehead atoms. The van der Waals surface area contributed by atoms with E-state index in [0.717, 1.165) is 52.0 Å². The minimum absolute atomic E-state index is 0.0939. The summed E-state index contributed by atoms with van der Waals surface area (Å²) in [6, 6.07) is 12.6. The van der Waals surface area contributed by atoms with Crippen molar-refractivity contribution >= 4 is 39.3 Å². The van der Waals surface area contributed by atoms with Crippen molar-refractivity contribution < 1.29 is 4.79 Å². The average Bonchev–Trinajstić information content (AvgIpc) is 3.28. The van der Waals surface area contributed by atoms with E-state index in [-0.39, 0.29) is 11.8 Å². The van der Waals surface area contributed by atoms with Crippen LogP contribution in [0.25, 0.3) is 21.8 Å². The van der Waals surface area contributed by atoms with Crippen LogP contribution in [0.15, 0.2) is 36.4 Å². The highest BCUT2D eigenvalue weighted by molar-refractivity contribution is 6.31. The summed E-state index contributed by atoms with van der Waals surface area (Å²) in [5.41, 5.74) is 3.12. The van der Waals surface area contributed by atoms with Gasteiger partial charge in [0.2, 0.25) is 5.91 Å². The number of amides is 1. The number of likely N-dealkylation sites (N-methyl/N-ethyl adjacent to an activating group) is 1. The number of aromatic nitrogens is 1. The van der Waals surface area contributed by atoms with Gasteiger partial charge in [-0.2, -0.15) is 0 Å². The van der Waals surface area contributed by atoms with E-state index in [2.05, 4.69) is 40.3 Å². The zero-order valence-corrected chi connectivity index (χ0v) is 16.6. The number of carbonyl (C=O) groups is 1. The van der Waals surface area contributed by atoms with Gasteiger partial charge in [0, 0.05) is 39.4 Å². The molecule has 0 spiro atoms. The van der Waals surface area contributed by atoms with Crippen molar-refractivity contribution in [3.05, 3.63) is 47.0 Å². The van der Waals surface area contributed by atoms with Crippen LogP contribution in [0.5, 0.6) is 0 Å². The molecule has 1 aliphatic heterocycles. The maximum atomic E-state index is 12.7. The van der Waals surface area contributed by atoms with Crippen molar-refractivity contribution in [2.75, 3.05) is 19.6 Å². The lowest BCUT2D eigenvalue weighted by Crippen LogP contribution is -2.41. The van der Waals surface area contributed by atoms with E-state index < -0.39 is 0 Å². The number of benzene rings is 2. The first-order valence-electron chi connectivity index (χ1n) is 9.79. The molecule has 0 radical (unpaired) electrons. The largest absolute Gasteiger partial charge is 0.355 e. The number of halogens is 1. The molecule has 142 valence electrons. The highest BCUT2D eigenvalue weighted by Crippen LogP contribution is 2.30. The molecule has 3 aromatic rings. The van der Waals surface area contributed by atoms with E-state index in [1.807, 2.05) is 25.1 Å². The van der Waals surface area contributed by atoms with Crippen molar-refractivity contribution in [2.24, 2.45) is 0 Å². The van der Waals surface area contributed by atoms with Crippen molar-refractivity contribution in [2.45, 2.75) is 38.6 Å². The highest BCUT2D eigenvalue weighted by atomic mass is 35.5. The summed E-state index contributed by atoms with van der Waals surface area (Å²) in [6.07, 6.45) is 2.40. The van der Waals surface area contributed by atoms with Gasteiger partial charge in [0.25, 0.3) is 0 Å². The number of hydrogen-bond acceptors (Lipinski definition) is 2. The number of rotatable bonds is 5. The Bertz CT molecular complexity index is 980. The molecule has 2 heterocycles. The Labute approximate surface area is 164 Å². The van der Waals surface area contributed by atoms with E-state index >= 15 is 0 Å². The van der Waals surface area contributed by atoms with Gasteiger partial charge in [0.1, 0.15) is 0 Å². The van der Waals surface area contributed by atoms with E-state index in [4.69, 9.17) is 11.6 Å². The van der Waals surface area contributed by atoms with Crippen molar-refractivity contribution in [3.63, 3.8) is 0 Å². The SMILES string of the molecule is CCN1CCC[C@H]1CNC(=O)C(C)c1ccc2c(c1)[nH]c1ccc(Cl)cc12. The molecule has 2 atom stereocenters. The molecule has 4 nitrogen and oxygen atoms in total. The second-order valence-electron chi connectivity index (χ2n) is 7.51. The average molecular weight is 384 g/mol. The molecule has 1 amide bonds. The van der Waals surface area contributed by atoms with E-state index in [0.29, 0.717) is 6.04 Å². The zero-order chi connectivity index (χ0) is 19.0. The summed E-state index contributed by atoms with van der Waals surface area (Å²) in [5.74, 6) is -0.0858. The normalized spacial score (nSPS) is 19.0. The van der Waals surface area contributed by atoms with Crippen LogP contribution in [0.1, 0.15) is 38.2 Å². The topological polar surface area (TPSA) is 48.1 Å². The van der Waals surface area contributed by atoms with Crippen LogP contribution in [-0.2, 0) is 4.79 Å². The fraction of sp³-hybridized carbons (Fsp3) is 0.409. The Kier molecular flexibility index (Phi) is 5.11. The number of hydrogen-bond donors (Lipinski definition) is 2. The molecule has 1 unspecified atom stereocenters. The lowest BCUT2D eigenvalue weighted by molar-refractivity contribution is -0.122. The molecule has 2 aromatic carbocycles. The maximum Gasteiger partial charge on any atom is 0.227 e. The first kappa shape index (κ1) is 18.3. The number of nitrogens with one attached hydrogen (secondary N) is 2. The number of fused-ring (bicyclic) bond motifs is 3. The van der Waals surface area contributed by atoms with Crippen LogP contribution in [0.3, 0.4) is 0 Å². The monoisotopic (exact) mass is 383 g/mol. The standard InChI is InChI=1S/C22H26ClN3O/c1-3-26-10-4-5-17(26)13-24-22(27)14(2)15-6-8-18-19-12-16(23)7-9-20(19)25-21(18)11-15/h6-9,11-12,14,17,25H,3-5,10,13H2,1-2H3,(H,24,27)/t14?,17-/m0/s1. The van der Waals surface area contributed by atoms with Gasteiger partial charge in [-0.15, -0.1) is 0 Å². The second-order valence-corrected chi connectivity index (χ2v) is 7.95. The number of carbonyl (C=O) groups excluding carboxylic acids is 1. The molecule has 1 saturated heterocycles. The van der Waals surface area contributed by atoms with Crippen LogP contribution >= 0.6 is 11.6 Å². The lowest BCUT2D eigenvalue weighted by Gasteiger charge is -2.23. The fourth-order valence-corrected chi connectivity index (χ4v) is 4.40. The smallest absolute Gasteiger partial charge is 0.227 e. The lowest BCUT2D eigenvalue weighted by atomic mass is 9.98. The van der Waals surface area contributed by atoms with Gasteiger partial charge in [-0.1, -0.05) is 30.7 Å². The third-order valence-electron chi connectivity index (χ3n) is 5.90. The van der Waals surface area contributed by atoms with Gasteiger partial charge >= 0.3 is 0 Å². The molecule has 27 heavy (non-hydrogen) atoms. The quantitative estimate of drug-likeness (QED) is 0.672. The molecular formula is C22H26ClN3O. The van der Waals surface area contributed by atoms with Gasteiger partial charge in [-0.05, 0) is 62.7 Å². The number of likely N-dealkylation sites (tertiary alicyclic amines) is 1. The molecule has 4 rings (SSSR count). The van der Waals surface area contributed by atoms with E-state index in [1.54, 1.807) is 0 Å². The summed E-state index contributed by atoms with van der Waals surface area (Å²) >= 11 is 6.14. The zero-order valence-electron chi connectivity index (χ0n) is 15.9. The van der Waals surface area contributed by atoms with Gasteiger partial charge in [-0.3, -0.25) is 9.69 Å². The highest BCUT2D eigenvalue weighted by Gasteiger charge is 2.24. The van der Waals surface area contributed by atoms with Crippen LogP contribution < -0.4 is 5.32 Å². The maximum absolute atomic E-state index is 12.7. The first-order chi connectivity index (χ1) is 13.1. The summed E-state index contributed by atoms with van der Waals surface area (Å²) in [6.45, 7) is 7.10. The fourth-order valence-electron chi connectivity index (χ4n) is 4.23. The Morgan fingerprint density at radius 2 is 2.11 bits per heavy atom. The molecule has 0 saturated carbocycles. The minimum Gasteiger partial charge on any atom is -0.355 e. The summed E-state index contributed by atoms with van der Waals surface area (Å²) < 4.78 is 0. The molecule has 0 aliphatic carbocycles. The van der Waals surface area contributed by atoms with Gasteiger partial charge in [0.05, 0.1) is 5.92 Å². The van der Waals surface area contributed by atoms with Crippen LogP contribution in [0.4, 0.5) is 0 Å². The number of nitrogens with zero attached hydrogens (tertiary/aromatic N) is 1. The number of aromatic amines is 1. The molecule has 1 aliphatic rings. The summed E-state index contributed by atoms with van der Waals surface area (Å²) in [7, 11) is 0. The predicted octanol–water partition coefficient (Wildman–Crippen LogP) is 4.68. The third kappa shape index (κ3) is 3.56. The van der Waals surface area contributed by atoms with Crippen LogP contribution in [0.2, 0.25) is 5.02 Å². The van der Waals surface area contributed by atoms with Crippen molar-refractivity contribution in [1.29, 1.82) is 0 Å². The van der Waals surface area contributed by atoms with Crippen molar-refractivity contribution in [1.82, 2.24) is 15.2 Å². The van der Waals surface area contributed by atoms with Gasteiger partial charge in [0.15, 0.2) is 0 Å². The molecule has 5 heteroatoms. The van der Waals surface area contributed by atoms with E-state index in [9.17, 15) is 4.79 Å². The molecule has 2 N–H and O–H groups in total. The second kappa shape index (κ2) is 7.53. The Morgan fingerprint density at radius 1 is 1.26 bits per heavy atom. The Morgan fingerprint density at radius 3 is 2.93 bits per heavy atom. The number of H-pyrrole nitrogens is 1. The molecule has 1 fully saturated rings. The van der Waals surface area contributed by atoms with Gasteiger partial charge in [-0.25, -0.2) is 0 Å².